The summed E-state index contributed by atoms with van der Waals surface area (Å²) in [5.41, 5.74) is 7.39. The number of nitrogens with two attached hydrogens (primary N) is 1. The summed E-state index contributed by atoms with van der Waals surface area (Å²) in [6.45, 7) is 3.96. The summed E-state index contributed by atoms with van der Waals surface area (Å²) >= 11 is 6.72. The number of anilines is 1. The fourth-order valence-corrected chi connectivity index (χ4v) is 2.56. The quantitative estimate of drug-likeness (QED) is 0.853. The lowest BCUT2D eigenvalue weighted by atomic mass is 10.2. The van der Waals surface area contributed by atoms with Crippen LogP contribution in [0.15, 0.2) is 35.8 Å². The van der Waals surface area contributed by atoms with Gasteiger partial charge in [0.2, 0.25) is 0 Å². The molecule has 2 aromatic heterocycles. The Morgan fingerprint density at radius 2 is 2.33 bits per heavy atom. The van der Waals surface area contributed by atoms with E-state index in [4.69, 9.17) is 18.0 Å². The van der Waals surface area contributed by atoms with Crippen LogP contribution < -0.4 is 10.6 Å². The third-order valence-electron chi connectivity index (χ3n) is 2.67. The first-order valence-electron chi connectivity index (χ1n) is 5.74. The molecule has 2 rings (SSSR count). The predicted molar refractivity (Wildman–Crippen MR) is 81.2 cm³/mol. The summed E-state index contributed by atoms with van der Waals surface area (Å²) in [7, 11) is 0. The van der Waals surface area contributed by atoms with E-state index in [0.717, 1.165) is 18.8 Å². The van der Waals surface area contributed by atoms with E-state index in [1.165, 1.54) is 4.88 Å². The molecule has 0 aromatic carbocycles. The van der Waals surface area contributed by atoms with E-state index in [2.05, 4.69) is 34.3 Å². The van der Waals surface area contributed by atoms with Gasteiger partial charge in [0.1, 0.15) is 4.99 Å². The Hall–Kier alpha value is -1.46. The summed E-state index contributed by atoms with van der Waals surface area (Å²) in [6.07, 6.45) is 1.75. The van der Waals surface area contributed by atoms with Gasteiger partial charge in [0.25, 0.3) is 0 Å². The van der Waals surface area contributed by atoms with Crippen molar-refractivity contribution in [3.8, 4) is 0 Å². The van der Waals surface area contributed by atoms with Crippen molar-refractivity contribution in [2.45, 2.75) is 13.5 Å². The fraction of sp³-hybridized carbons (Fsp3) is 0.231. The molecule has 0 atom stereocenters. The van der Waals surface area contributed by atoms with Gasteiger partial charge in [-0.1, -0.05) is 18.3 Å². The van der Waals surface area contributed by atoms with Crippen LogP contribution in [-0.2, 0) is 6.54 Å². The molecule has 3 nitrogen and oxygen atoms in total. The molecule has 0 fully saturated rings. The maximum Gasteiger partial charge on any atom is 0.122 e. The third-order valence-corrected chi connectivity index (χ3v) is 3.74. The Bertz CT molecular complexity index is 523. The number of hydrogen-bond donors (Lipinski definition) is 1. The smallest absolute Gasteiger partial charge is 0.122 e. The second-order valence-electron chi connectivity index (χ2n) is 3.86. The largest absolute Gasteiger partial charge is 0.388 e. The molecule has 18 heavy (non-hydrogen) atoms. The molecule has 0 bridgehead atoms. The van der Waals surface area contributed by atoms with E-state index < -0.39 is 0 Å². The van der Waals surface area contributed by atoms with Crippen LogP contribution in [-0.4, -0.2) is 16.5 Å². The van der Waals surface area contributed by atoms with E-state index in [1.54, 1.807) is 17.5 Å². The highest BCUT2D eigenvalue weighted by Gasteiger charge is 2.08. The lowest BCUT2D eigenvalue weighted by Crippen LogP contribution is -2.22. The van der Waals surface area contributed by atoms with Gasteiger partial charge in [-0.15, -0.1) is 11.3 Å². The Kier molecular flexibility index (Phi) is 4.28. The Labute approximate surface area is 116 Å². The first-order valence-corrected chi connectivity index (χ1v) is 7.02. The molecule has 5 heteroatoms. The van der Waals surface area contributed by atoms with Gasteiger partial charge < -0.3 is 10.6 Å². The van der Waals surface area contributed by atoms with E-state index in [-0.39, 0.29) is 0 Å². The molecule has 0 aliphatic carbocycles. The van der Waals surface area contributed by atoms with Crippen molar-refractivity contribution in [3.63, 3.8) is 0 Å². The van der Waals surface area contributed by atoms with Gasteiger partial charge in [0, 0.05) is 23.3 Å². The fourth-order valence-electron chi connectivity index (χ4n) is 1.73. The lowest BCUT2D eigenvalue weighted by Gasteiger charge is -2.22. The van der Waals surface area contributed by atoms with Gasteiger partial charge in [-0.25, -0.2) is 0 Å². The van der Waals surface area contributed by atoms with Crippen LogP contribution >= 0.6 is 23.6 Å². The van der Waals surface area contributed by atoms with Crippen LogP contribution in [0.3, 0.4) is 0 Å². The number of nitrogens with zero attached hydrogens (tertiary/aromatic N) is 2. The Morgan fingerprint density at radius 3 is 2.94 bits per heavy atom. The van der Waals surface area contributed by atoms with Crippen molar-refractivity contribution >= 4 is 34.2 Å². The zero-order chi connectivity index (χ0) is 13.0. The average molecular weight is 277 g/mol. The van der Waals surface area contributed by atoms with Gasteiger partial charge in [0.05, 0.1) is 12.2 Å². The monoisotopic (exact) mass is 277 g/mol. The van der Waals surface area contributed by atoms with Gasteiger partial charge in [-0.2, -0.15) is 0 Å². The molecule has 2 heterocycles. The number of thiophene rings is 1. The molecule has 94 valence electrons. The topological polar surface area (TPSA) is 42.2 Å². The first kappa shape index (κ1) is 13.0. The minimum atomic E-state index is 0.337. The summed E-state index contributed by atoms with van der Waals surface area (Å²) in [5.74, 6) is 0. The Balaban J connectivity index is 2.21. The van der Waals surface area contributed by atoms with Crippen molar-refractivity contribution in [3.05, 3.63) is 46.4 Å². The maximum atomic E-state index is 5.61. The van der Waals surface area contributed by atoms with Crippen molar-refractivity contribution in [2.24, 2.45) is 5.73 Å². The zero-order valence-corrected chi connectivity index (χ0v) is 11.8. The number of hydrogen-bond acceptors (Lipinski definition) is 4. The van der Waals surface area contributed by atoms with Crippen molar-refractivity contribution < 1.29 is 0 Å². The van der Waals surface area contributed by atoms with Gasteiger partial charge in [-0.05, 0) is 30.5 Å². The van der Waals surface area contributed by atoms with Crippen molar-refractivity contribution in [1.82, 2.24) is 4.98 Å². The summed E-state index contributed by atoms with van der Waals surface area (Å²) in [6, 6.07) is 8.14. The minimum absolute atomic E-state index is 0.337. The summed E-state index contributed by atoms with van der Waals surface area (Å²) in [4.78, 5) is 8.11. The first-order chi connectivity index (χ1) is 8.70. The molecule has 0 aliphatic rings. The van der Waals surface area contributed by atoms with Crippen LogP contribution in [0, 0.1) is 0 Å². The van der Waals surface area contributed by atoms with E-state index in [9.17, 15) is 0 Å². The van der Waals surface area contributed by atoms with Gasteiger partial charge >= 0.3 is 0 Å². The van der Waals surface area contributed by atoms with Crippen molar-refractivity contribution in [1.29, 1.82) is 0 Å². The zero-order valence-electron chi connectivity index (χ0n) is 10.2. The molecule has 0 aliphatic heterocycles. The highest BCUT2D eigenvalue weighted by Crippen LogP contribution is 2.19. The molecule has 2 aromatic rings. The van der Waals surface area contributed by atoms with Gasteiger partial charge in [-0.3, -0.25) is 4.98 Å². The van der Waals surface area contributed by atoms with Crippen LogP contribution in [0.1, 0.15) is 17.5 Å². The normalized spacial score (nSPS) is 10.3. The second-order valence-corrected chi connectivity index (χ2v) is 5.33. The minimum Gasteiger partial charge on any atom is -0.388 e. The lowest BCUT2D eigenvalue weighted by molar-refractivity contribution is 0.841. The standard InChI is InChI=1S/C13H15N3S2/c1-2-16(9-11-4-3-7-18-11)10-5-6-15-12(8-10)13(14)17/h3-8H,2,9H2,1H3,(H2,14,17). The highest BCUT2D eigenvalue weighted by molar-refractivity contribution is 7.80. The highest BCUT2D eigenvalue weighted by atomic mass is 32.1. The molecule has 0 saturated carbocycles. The second kappa shape index (κ2) is 5.93. The number of rotatable bonds is 5. The van der Waals surface area contributed by atoms with Crippen LogP contribution in [0.25, 0.3) is 0 Å². The number of pyridine rings is 1. The molecule has 0 saturated heterocycles. The van der Waals surface area contributed by atoms with E-state index >= 15 is 0 Å². The van der Waals surface area contributed by atoms with Gasteiger partial charge in [0.15, 0.2) is 0 Å². The van der Waals surface area contributed by atoms with Crippen LogP contribution in [0.2, 0.25) is 0 Å². The van der Waals surface area contributed by atoms with E-state index in [1.807, 2.05) is 12.1 Å². The Morgan fingerprint density at radius 1 is 1.50 bits per heavy atom. The number of aromatic nitrogens is 1. The predicted octanol–water partition coefficient (Wildman–Crippen LogP) is 2.80. The molecule has 0 amide bonds. The molecule has 0 spiro atoms. The summed E-state index contributed by atoms with van der Waals surface area (Å²) in [5, 5.41) is 2.09. The third kappa shape index (κ3) is 3.05. The van der Waals surface area contributed by atoms with Crippen LogP contribution in [0.4, 0.5) is 5.69 Å². The molecular weight excluding hydrogens is 262 g/mol. The summed E-state index contributed by atoms with van der Waals surface area (Å²) < 4.78 is 0. The van der Waals surface area contributed by atoms with Crippen molar-refractivity contribution in [2.75, 3.05) is 11.4 Å². The average Bonchev–Trinajstić information content (AvgIpc) is 2.89. The number of thiocarbonyl (C=S) groups is 1. The molecule has 0 radical (unpaired) electrons. The van der Waals surface area contributed by atoms with Crippen LogP contribution in [0.5, 0.6) is 0 Å². The maximum absolute atomic E-state index is 5.61. The molecule has 2 N–H and O–H groups in total. The SMILES string of the molecule is CCN(Cc1cccs1)c1ccnc(C(N)=S)c1. The molecule has 0 unspecified atom stereocenters. The molecular formula is C13H15N3S2. The van der Waals surface area contributed by atoms with E-state index in [0.29, 0.717) is 10.7 Å².